The number of rotatable bonds is 0. The Balaban J connectivity index is 2.04. The van der Waals surface area contributed by atoms with Crippen LogP contribution in [0.3, 0.4) is 0 Å². The highest BCUT2D eigenvalue weighted by atomic mass is 16.6. The second-order valence-electron chi connectivity index (χ2n) is 2.50. The summed E-state index contributed by atoms with van der Waals surface area (Å²) in [7, 11) is 0. The van der Waals surface area contributed by atoms with Gasteiger partial charge in [0.1, 0.15) is 0 Å². The summed E-state index contributed by atoms with van der Waals surface area (Å²) in [6, 6.07) is 0. The van der Waals surface area contributed by atoms with Crippen molar-refractivity contribution in [1.82, 2.24) is 0 Å². The summed E-state index contributed by atoms with van der Waals surface area (Å²) in [4.78, 5) is 0. The lowest BCUT2D eigenvalue weighted by atomic mass is 10.1. The normalized spacial score (nSPS) is 45.0. The molecule has 0 radical (unpaired) electrons. The van der Waals surface area contributed by atoms with Crippen LogP contribution in [-0.2, 0) is 9.47 Å². The second-order valence-corrected chi connectivity index (χ2v) is 2.50. The minimum absolute atomic E-state index is 0.454. The molecule has 8 heavy (non-hydrogen) atoms. The Labute approximate surface area is 48.8 Å². The first kappa shape index (κ1) is 4.77. The first-order valence-electron chi connectivity index (χ1n) is 3.16. The van der Waals surface area contributed by atoms with Crippen molar-refractivity contribution >= 4 is 0 Å². The molecule has 2 heteroatoms. The summed E-state index contributed by atoms with van der Waals surface area (Å²) in [5.41, 5.74) is 0. The summed E-state index contributed by atoms with van der Waals surface area (Å²) in [6.45, 7) is 2.73. The van der Waals surface area contributed by atoms with Crippen molar-refractivity contribution in [3.05, 3.63) is 0 Å². The molecular weight excluding hydrogens is 104 g/mol. The topological polar surface area (TPSA) is 18.5 Å². The molecular formula is C6H10O2. The van der Waals surface area contributed by atoms with Gasteiger partial charge in [-0.3, -0.25) is 0 Å². The monoisotopic (exact) mass is 114 g/mol. The lowest BCUT2D eigenvalue weighted by Gasteiger charge is -2.01. The van der Waals surface area contributed by atoms with Crippen LogP contribution in [0.1, 0.15) is 6.42 Å². The molecule has 2 fully saturated rings. The van der Waals surface area contributed by atoms with E-state index in [9.17, 15) is 0 Å². The number of ether oxygens (including phenoxy) is 2. The summed E-state index contributed by atoms with van der Waals surface area (Å²) < 4.78 is 10.5. The van der Waals surface area contributed by atoms with Gasteiger partial charge < -0.3 is 9.47 Å². The Kier molecular flexibility index (Phi) is 1.02. The van der Waals surface area contributed by atoms with Crippen molar-refractivity contribution in [3.8, 4) is 0 Å². The molecule has 0 saturated carbocycles. The Morgan fingerprint density at radius 3 is 3.12 bits per heavy atom. The Bertz CT molecular complexity index is 72.5. The highest BCUT2D eigenvalue weighted by Crippen LogP contribution is 2.26. The molecule has 0 aromatic rings. The van der Waals surface area contributed by atoms with Crippen LogP contribution < -0.4 is 0 Å². The third kappa shape index (κ3) is 0.565. The maximum absolute atomic E-state index is 5.35. The zero-order chi connectivity index (χ0) is 5.40. The van der Waals surface area contributed by atoms with Gasteiger partial charge in [-0.1, -0.05) is 0 Å². The predicted molar refractivity (Wildman–Crippen MR) is 28.7 cm³/mol. The minimum Gasteiger partial charge on any atom is -0.378 e. The van der Waals surface area contributed by atoms with Crippen LogP contribution >= 0.6 is 0 Å². The van der Waals surface area contributed by atoms with E-state index >= 15 is 0 Å². The maximum atomic E-state index is 5.35. The molecule has 0 amide bonds. The first-order chi connectivity index (χ1) is 3.97. The van der Waals surface area contributed by atoms with Crippen molar-refractivity contribution in [2.75, 3.05) is 19.8 Å². The minimum atomic E-state index is 0.454. The number of hydrogen-bond acceptors (Lipinski definition) is 2. The van der Waals surface area contributed by atoms with Gasteiger partial charge in [0.15, 0.2) is 0 Å². The van der Waals surface area contributed by atoms with E-state index in [0.29, 0.717) is 6.10 Å². The molecule has 2 atom stereocenters. The highest BCUT2D eigenvalue weighted by molar-refractivity contribution is 4.79. The van der Waals surface area contributed by atoms with Crippen LogP contribution in [0.15, 0.2) is 0 Å². The molecule has 2 aliphatic rings. The predicted octanol–water partition coefficient (Wildman–Crippen LogP) is 0.422. The Hall–Kier alpha value is -0.0800. The summed E-state index contributed by atoms with van der Waals surface area (Å²) in [5, 5.41) is 0. The largest absolute Gasteiger partial charge is 0.378 e. The van der Waals surface area contributed by atoms with E-state index in [-0.39, 0.29) is 0 Å². The summed E-state index contributed by atoms with van der Waals surface area (Å²) in [6.07, 6.45) is 1.67. The number of hydrogen-bond donors (Lipinski definition) is 0. The molecule has 0 aliphatic carbocycles. The van der Waals surface area contributed by atoms with E-state index < -0.39 is 0 Å². The number of fused-ring (bicyclic) bond motifs is 1. The fraction of sp³-hybridized carbons (Fsp3) is 1.00. The second kappa shape index (κ2) is 1.71. The third-order valence-corrected chi connectivity index (χ3v) is 1.96. The zero-order valence-electron chi connectivity index (χ0n) is 4.80. The van der Waals surface area contributed by atoms with E-state index in [1.54, 1.807) is 0 Å². The third-order valence-electron chi connectivity index (χ3n) is 1.96. The molecule has 2 aliphatic heterocycles. The van der Waals surface area contributed by atoms with Gasteiger partial charge in [0.2, 0.25) is 0 Å². The van der Waals surface area contributed by atoms with Crippen LogP contribution in [0.4, 0.5) is 0 Å². The van der Waals surface area contributed by atoms with Gasteiger partial charge in [-0.2, -0.15) is 0 Å². The van der Waals surface area contributed by atoms with Crippen LogP contribution in [-0.4, -0.2) is 25.9 Å². The van der Waals surface area contributed by atoms with Crippen molar-refractivity contribution in [3.63, 3.8) is 0 Å². The van der Waals surface area contributed by atoms with Crippen molar-refractivity contribution in [2.45, 2.75) is 12.5 Å². The van der Waals surface area contributed by atoms with E-state index in [4.69, 9.17) is 9.47 Å². The molecule has 2 nitrogen and oxygen atoms in total. The van der Waals surface area contributed by atoms with E-state index in [2.05, 4.69) is 0 Å². The average Bonchev–Trinajstić information content (AvgIpc) is 2.15. The zero-order valence-corrected chi connectivity index (χ0v) is 4.80. The molecule has 2 rings (SSSR count). The van der Waals surface area contributed by atoms with Gasteiger partial charge >= 0.3 is 0 Å². The van der Waals surface area contributed by atoms with Crippen molar-refractivity contribution in [2.24, 2.45) is 5.92 Å². The van der Waals surface area contributed by atoms with Crippen LogP contribution in [0.5, 0.6) is 0 Å². The molecule has 0 aromatic heterocycles. The molecule has 46 valence electrons. The lowest BCUT2D eigenvalue weighted by Crippen LogP contribution is -2.11. The quantitative estimate of drug-likeness (QED) is 0.454. The van der Waals surface area contributed by atoms with E-state index in [0.717, 1.165) is 25.7 Å². The van der Waals surface area contributed by atoms with Crippen molar-refractivity contribution < 1.29 is 9.47 Å². The molecule has 0 unspecified atom stereocenters. The Morgan fingerprint density at radius 1 is 1.25 bits per heavy atom. The van der Waals surface area contributed by atoms with E-state index in [1.165, 1.54) is 6.42 Å². The first-order valence-corrected chi connectivity index (χ1v) is 3.16. The standard InChI is InChI=1S/C6H10O2/c1-2-8-6-4-7-3-5(1)6/h5-6H,1-4H2/t5-,6+/m0/s1. The van der Waals surface area contributed by atoms with Gasteiger partial charge in [0.05, 0.1) is 19.3 Å². The van der Waals surface area contributed by atoms with Gasteiger partial charge in [0.25, 0.3) is 0 Å². The highest BCUT2D eigenvalue weighted by Gasteiger charge is 2.33. The molecule has 0 spiro atoms. The van der Waals surface area contributed by atoms with E-state index in [1.807, 2.05) is 0 Å². The van der Waals surface area contributed by atoms with Gasteiger partial charge in [-0.15, -0.1) is 0 Å². The van der Waals surface area contributed by atoms with Crippen molar-refractivity contribution in [1.29, 1.82) is 0 Å². The van der Waals surface area contributed by atoms with Gasteiger partial charge in [0, 0.05) is 12.5 Å². The lowest BCUT2D eigenvalue weighted by molar-refractivity contribution is 0.0710. The van der Waals surface area contributed by atoms with Crippen LogP contribution in [0, 0.1) is 5.92 Å². The van der Waals surface area contributed by atoms with Gasteiger partial charge in [-0.05, 0) is 6.42 Å². The summed E-state index contributed by atoms with van der Waals surface area (Å²) >= 11 is 0. The van der Waals surface area contributed by atoms with Crippen LogP contribution in [0.25, 0.3) is 0 Å². The van der Waals surface area contributed by atoms with Crippen LogP contribution in [0.2, 0.25) is 0 Å². The maximum Gasteiger partial charge on any atom is 0.0859 e. The molecule has 2 saturated heterocycles. The average molecular weight is 114 g/mol. The fourth-order valence-electron chi connectivity index (χ4n) is 1.40. The Morgan fingerprint density at radius 2 is 2.25 bits per heavy atom. The smallest absolute Gasteiger partial charge is 0.0859 e. The van der Waals surface area contributed by atoms with Gasteiger partial charge in [-0.25, -0.2) is 0 Å². The summed E-state index contributed by atoms with van der Waals surface area (Å²) in [5.74, 6) is 0.731. The fourth-order valence-corrected chi connectivity index (χ4v) is 1.40. The SMILES string of the molecule is C1C[C@H]2COC[C@H]2O1. The molecule has 0 bridgehead atoms. The molecule has 0 aromatic carbocycles. The molecule has 2 heterocycles. The molecule has 0 N–H and O–H groups in total.